The third-order valence-electron chi connectivity index (χ3n) is 3.88. The van der Waals surface area contributed by atoms with Crippen molar-refractivity contribution in [2.75, 3.05) is 14.2 Å². The van der Waals surface area contributed by atoms with Gasteiger partial charge < -0.3 is 19.9 Å². The summed E-state index contributed by atoms with van der Waals surface area (Å²) in [7, 11) is 3.20. The van der Waals surface area contributed by atoms with Gasteiger partial charge in [-0.05, 0) is 23.8 Å². The van der Waals surface area contributed by atoms with Crippen LogP contribution in [0.4, 0.5) is 0 Å². The molecule has 0 fully saturated rings. The van der Waals surface area contributed by atoms with Crippen LogP contribution < -0.4 is 19.9 Å². The fourth-order valence-electron chi connectivity index (χ4n) is 2.70. The molecule has 0 spiro atoms. The summed E-state index contributed by atoms with van der Waals surface area (Å²) in [5.74, 6) is 1.87. The highest BCUT2D eigenvalue weighted by molar-refractivity contribution is 5.57. The van der Waals surface area contributed by atoms with Gasteiger partial charge >= 0.3 is 0 Å². The molecular formula is C18H16N2O3. The molecule has 0 aromatic heterocycles. The van der Waals surface area contributed by atoms with Gasteiger partial charge in [-0.3, -0.25) is 0 Å². The van der Waals surface area contributed by atoms with E-state index in [4.69, 9.17) is 19.9 Å². The summed E-state index contributed by atoms with van der Waals surface area (Å²) >= 11 is 0. The SMILES string of the molecule is COc1ccc([C@@H]2C(C#N)=C(N)Oc3cc(OC)ccc32)cc1. The maximum absolute atomic E-state index is 9.50. The van der Waals surface area contributed by atoms with Gasteiger partial charge in [0.1, 0.15) is 28.9 Å². The standard InChI is InChI=1S/C18H16N2O3/c1-21-12-5-3-11(4-6-12)17-14-8-7-13(22-2)9-16(14)23-18(20)15(17)10-19/h3-9,17H,20H2,1-2H3/t17-/m0/s1. The quantitative estimate of drug-likeness (QED) is 0.943. The van der Waals surface area contributed by atoms with Crippen molar-refractivity contribution in [3.63, 3.8) is 0 Å². The minimum absolute atomic E-state index is 0.120. The van der Waals surface area contributed by atoms with Crippen LogP contribution in [0.3, 0.4) is 0 Å². The maximum atomic E-state index is 9.50. The molecule has 0 saturated heterocycles. The molecule has 2 aromatic carbocycles. The van der Waals surface area contributed by atoms with Gasteiger partial charge in [0, 0.05) is 11.6 Å². The molecule has 0 amide bonds. The molecule has 2 N–H and O–H groups in total. The Morgan fingerprint density at radius 1 is 1.04 bits per heavy atom. The number of benzene rings is 2. The molecule has 0 saturated carbocycles. The lowest BCUT2D eigenvalue weighted by atomic mass is 9.83. The molecule has 0 radical (unpaired) electrons. The van der Waals surface area contributed by atoms with Crippen LogP contribution >= 0.6 is 0 Å². The lowest BCUT2D eigenvalue weighted by Gasteiger charge is -2.26. The highest BCUT2D eigenvalue weighted by atomic mass is 16.5. The summed E-state index contributed by atoms with van der Waals surface area (Å²) in [6, 6.07) is 15.2. The number of rotatable bonds is 3. The molecule has 1 atom stereocenters. The van der Waals surface area contributed by atoms with E-state index in [9.17, 15) is 5.26 Å². The fourth-order valence-corrected chi connectivity index (χ4v) is 2.70. The molecule has 1 aliphatic heterocycles. The highest BCUT2D eigenvalue weighted by Crippen LogP contribution is 2.43. The summed E-state index contributed by atoms with van der Waals surface area (Å²) in [4.78, 5) is 0. The Morgan fingerprint density at radius 3 is 2.30 bits per heavy atom. The number of nitrogens with zero attached hydrogens (tertiary/aromatic N) is 1. The summed E-state index contributed by atoms with van der Waals surface area (Å²) < 4.78 is 16.0. The van der Waals surface area contributed by atoms with Crippen LogP contribution in [0.5, 0.6) is 17.2 Å². The predicted octanol–water partition coefficient (Wildman–Crippen LogP) is 2.92. The van der Waals surface area contributed by atoms with Crippen LogP contribution in [0, 0.1) is 11.3 Å². The zero-order chi connectivity index (χ0) is 16.4. The minimum Gasteiger partial charge on any atom is -0.497 e. The number of allylic oxidation sites excluding steroid dienone is 1. The Hall–Kier alpha value is -3.13. The second-order valence-corrected chi connectivity index (χ2v) is 5.10. The third-order valence-corrected chi connectivity index (χ3v) is 3.88. The molecule has 1 aliphatic rings. The van der Waals surface area contributed by atoms with Crippen molar-refractivity contribution in [1.29, 1.82) is 5.26 Å². The molecule has 0 unspecified atom stereocenters. The van der Waals surface area contributed by atoms with Crippen LogP contribution in [-0.2, 0) is 0 Å². The van der Waals surface area contributed by atoms with Gasteiger partial charge in [-0.25, -0.2) is 0 Å². The molecular weight excluding hydrogens is 292 g/mol. The second kappa shape index (κ2) is 5.93. The van der Waals surface area contributed by atoms with E-state index in [-0.39, 0.29) is 11.8 Å². The first kappa shape index (κ1) is 14.8. The van der Waals surface area contributed by atoms with Crippen LogP contribution in [0.25, 0.3) is 0 Å². The van der Waals surface area contributed by atoms with Crippen molar-refractivity contribution < 1.29 is 14.2 Å². The number of hydrogen-bond acceptors (Lipinski definition) is 5. The zero-order valence-corrected chi connectivity index (χ0v) is 12.9. The Labute approximate surface area is 134 Å². The molecule has 23 heavy (non-hydrogen) atoms. The summed E-state index contributed by atoms with van der Waals surface area (Å²) in [5, 5.41) is 9.50. The predicted molar refractivity (Wildman–Crippen MR) is 85.3 cm³/mol. The Balaban J connectivity index is 2.14. The largest absolute Gasteiger partial charge is 0.497 e. The molecule has 116 valence electrons. The number of ether oxygens (including phenoxy) is 3. The lowest BCUT2D eigenvalue weighted by molar-refractivity contribution is 0.381. The topological polar surface area (TPSA) is 77.5 Å². The maximum Gasteiger partial charge on any atom is 0.205 e. The molecule has 2 aromatic rings. The molecule has 1 heterocycles. The van der Waals surface area contributed by atoms with Crippen molar-refractivity contribution >= 4 is 0 Å². The normalized spacial score (nSPS) is 16.1. The van der Waals surface area contributed by atoms with Crippen LogP contribution in [0.2, 0.25) is 0 Å². The molecule has 5 heteroatoms. The molecule has 0 bridgehead atoms. The van der Waals surface area contributed by atoms with E-state index in [1.165, 1.54) is 0 Å². The minimum atomic E-state index is -0.277. The first-order valence-electron chi connectivity index (χ1n) is 7.07. The first-order valence-corrected chi connectivity index (χ1v) is 7.07. The Morgan fingerprint density at radius 2 is 1.70 bits per heavy atom. The third kappa shape index (κ3) is 2.55. The molecule has 5 nitrogen and oxygen atoms in total. The van der Waals surface area contributed by atoms with Crippen LogP contribution in [0.1, 0.15) is 17.0 Å². The van der Waals surface area contributed by atoms with E-state index >= 15 is 0 Å². The second-order valence-electron chi connectivity index (χ2n) is 5.10. The van der Waals surface area contributed by atoms with Crippen LogP contribution in [0.15, 0.2) is 53.9 Å². The van der Waals surface area contributed by atoms with Gasteiger partial charge in [0.15, 0.2) is 0 Å². The highest BCUT2D eigenvalue weighted by Gasteiger charge is 2.30. The molecule has 0 aliphatic carbocycles. The summed E-state index contributed by atoms with van der Waals surface area (Å²) in [6.45, 7) is 0. The van der Waals surface area contributed by atoms with Gasteiger partial charge in [-0.2, -0.15) is 5.26 Å². The van der Waals surface area contributed by atoms with E-state index in [1.54, 1.807) is 20.3 Å². The number of nitriles is 1. The number of hydrogen-bond donors (Lipinski definition) is 1. The monoisotopic (exact) mass is 308 g/mol. The summed E-state index contributed by atoms with van der Waals surface area (Å²) in [5.41, 5.74) is 8.17. The first-order chi connectivity index (χ1) is 11.2. The van der Waals surface area contributed by atoms with E-state index in [1.807, 2.05) is 36.4 Å². The number of fused-ring (bicyclic) bond motifs is 1. The molecule has 3 rings (SSSR count). The van der Waals surface area contributed by atoms with Crippen LogP contribution in [-0.4, -0.2) is 14.2 Å². The van der Waals surface area contributed by atoms with E-state index in [0.29, 0.717) is 17.1 Å². The van der Waals surface area contributed by atoms with Gasteiger partial charge in [0.25, 0.3) is 0 Å². The number of methoxy groups -OCH3 is 2. The van der Waals surface area contributed by atoms with E-state index < -0.39 is 0 Å². The van der Waals surface area contributed by atoms with Crippen molar-refractivity contribution in [3.05, 3.63) is 65.0 Å². The van der Waals surface area contributed by atoms with E-state index in [2.05, 4.69) is 6.07 Å². The Bertz CT molecular complexity index is 804. The van der Waals surface area contributed by atoms with Gasteiger partial charge in [-0.1, -0.05) is 18.2 Å². The van der Waals surface area contributed by atoms with E-state index in [0.717, 1.165) is 16.9 Å². The summed E-state index contributed by atoms with van der Waals surface area (Å²) in [6.07, 6.45) is 0. The lowest BCUT2D eigenvalue weighted by Crippen LogP contribution is -2.21. The van der Waals surface area contributed by atoms with Crippen molar-refractivity contribution in [2.45, 2.75) is 5.92 Å². The average Bonchev–Trinajstić information content (AvgIpc) is 2.60. The average molecular weight is 308 g/mol. The van der Waals surface area contributed by atoms with Crippen molar-refractivity contribution in [3.8, 4) is 23.3 Å². The van der Waals surface area contributed by atoms with Gasteiger partial charge in [-0.15, -0.1) is 0 Å². The fraction of sp³-hybridized carbons (Fsp3) is 0.167. The zero-order valence-electron chi connectivity index (χ0n) is 12.9. The number of nitrogens with two attached hydrogens (primary N) is 1. The van der Waals surface area contributed by atoms with Gasteiger partial charge in [0.05, 0.1) is 20.1 Å². The van der Waals surface area contributed by atoms with Gasteiger partial charge in [0.2, 0.25) is 5.88 Å². The smallest absolute Gasteiger partial charge is 0.205 e. The van der Waals surface area contributed by atoms with Crippen molar-refractivity contribution in [1.82, 2.24) is 0 Å². The Kier molecular flexibility index (Phi) is 3.82. The van der Waals surface area contributed by atoms with Crippen molar-refractivity contribution in [2.24, 2.45) is 5.73 Å².